The van der Waals surface area contributed by atoms with Crippen LogP contribution in [0.4, 0.5) is 8.78 Å². The van der Waals surface area contributed by atoms with Crippen molar-refractivity contribution in [2.45, 2.75) is 44.7 Å². The highest BCUT2D eigenvalue weighted by molar-refractivity contribution is 7.89. The Kier molecular flexibility index (Phi) is 6.71. The summed E-state index contributed by atoms with van der Waals surface area (Å²) in [5.74, 6) is -0.497. The van der Waals surface area contributed by atoms with Gasteiger partial charge in [0.25, 0.3) is 0 Å². The maximum atomic E-state index is 13.0. The number of carbonyl (C=O) groups excluding carboxylic acids is 1. The van der Waals surface area contributed by atoms with Crippen molar-refractivity contribution in [3.63, 3.8) is 0 Å². The number of rotatable bonds is 7. The van der Waals surface area contributed by atoms with Gasteiger partial charge in [-0.3, -0.25) is 4.79 Å². The van der Waals surface area contributed by atoms with Crippen molar-refractivity contribution >= 4 is 15.9 Å². The normalized spacial score (nSPS) is 17.8. The van der Waals surface area contributed by atoms with Crippen LogP contribution in [0.25, 0.3) is 0 Å². The molecule has 1 N–H and O–H groups in total. The zero-order valence-electron chi connectivity index (χ0n) is 16.6. The zero-order chi connectivity index (χ0) is 21.9. The number of halogens is 2. The van der Waals surface area contributed by atoms with E-state index in [0.29, 0.717) is 30.6 Å². The first-order valence-electron chi connectivity index (χ1n) is 9.43. The largest absolute Gasteiger partial charge is 0.435 e. The zero-order valence-corrected chi connectivity index (χ0v) is 17.4. The molecule has 1 aliphatic heterocycles. The number of carbonyl (C=O) groups is 1. The highest BCUT2D eigenvalue weighted by Gasteiger charge is 2.36. The van der Waals surface area contributed by atoms with Gasteiger partial charge in [0.1, 0.15) is 16.3 Å². The van der Waals surface area contributed by atoms with Crippen molar-refractivity contribution in [3.05, 3.63) is 41.3 Å². The molecule has 11 heteroatoms. The summed E-state index contributed by atoms with van der Waals surface area (Å²) in [6.45, 7) is 0.794. The second-order valence-corrected chi connectivity index (χ2v) is 8.97. The Hall–Kier alpha value is -2.53. The summed E-state index contributed by atoms with van der Waals surface area (Å²) in [5, 5.41) is 6.48. The summed E-state index contributed by atoms with van der Waals surface area (Å²) in [7, 11) is -3.81. The topological polar surface area (TPSA) is 102 Å². The quantitative estimate of drug-likeness (QED) is 0.706. The van der Waals surface area contributed by atoms with E-state index in [1.165, 1.54) is 16.4 Å². The molecule has 2 heterocycles. The molecule has 1 atom stereocenters. The number of sulfonamides is 1. The van der Waals surface area contributed by atoms with Crippen LogP contribution in [-0.4, -0.2) is 43.5 Å². The number of hydrogen-bond acceptors (Lipinski definition) is 6. The van der Waals surface area contributed by atoms with Gasteiger partial charge in [0.05, 0.1) is 5.92 Å². The molecule has 0 spiro atoms. The fourth-order valence-corrected chi connectivity index (χ4v) is 5.28. The van der Waals surface area contributed by atoms with E-state index in [2.05, 4.69) is 15.2 Å². The third-order valence-electron chi connectivity index (χ3n) is 4.94. The lowest BCUT2D eigenvalue weighted by Gasteiger charge is -2.31. The molecule has 0 unspecified atom stereocenters. The van der Waals surface area contributed by atoms with E-state index in [1.807, 2.05) is 0 Å². The minimum atomic E-state index is -3.81. The fraction of sp³-hybridized carbons (Fsp3) is 0.474. The summed E-state index contributed by atoms with van der Waals surface area (Å²) < 4.78 is 60.9. The molecule has 1 aliphatic rings. The van der Waals surface area contributed by atoms with Gasteiger partial charge in [0.2, 0.25) is 15.9 Å². The molecule has 1 aromatic heterocycles. The van der Waals surface area contributed by atoms with E-state index >= 15 is 0 Å². The Labute approximate surface area is 173 Å². The average Bonchev–Trinajstić information content (AvgIpc) is 3.05. The van der Waals surface area contributed by atoms with Crippen LogP contribution in [-0.2, 0) is 21.4 Å². The molecule has 164 valence electrons. The number of nitrogens with zero attached hydrogens (tertiary/aromatic N) is 2. The van der Waals surface area contributed by atoms with Crippen LogP contribution in [0.5, 0.6) is 5.75 Å². The Balaban J connectivity index is 1.60. The van der Waals surface area contributed by atoms with Crippen molar-refractivity contribution in [2.24, 2.45) is 5.92 Å². The van der Waals surface area contributed by atoms with E-state index in [0.717, 1.165) is 0 Å². The highest BCUT2D eigenvalue weighted by Crippen LogP contribution is 2.27. The van der Waals surface area contributed by atoms with Crippen LogP contribution in [0.15, 0.2) is 33.7 Å². The van der Waals surface area contributed by atoms with Crippen LogP contribution < -0.4 is 10.1 Å². The summed E-state index contributed by atoms with van der Waals surface area (Å²) in [4.78, 5) is 12.6. The van der Waals surface area contributed by atoms with Crippen LogP contribution in [0.2, 0.25) is 0 Å². The van der Waals surface area contributed by atoms with Gasteiger partial charge in [-0.05, 0) is 44.4 Å². The number of piperidine rings is 1. The maximum absolute atomic E-state index is 13.0. The van der Waals surface area contributed by atoms with Crippen LogP contribution >= 0.6 is 0 Å². The Morgan fingerprint density at radius 1 is 1.33 bits per heavy atom. The number of alkyl halides is 2. The van der Waals surface area contributed by atoms with Crippen molar-refractivity contribution in [1.29, 1.82) is 0 Å². The third-order valence-corrected chi connectivity index (χ3v) is 7.05. The predicted octanol–water partition coefficient (Wildman–Crippen LogP) is 2.61. The van der Waals surface area contributed by atoms with Crippen LogP contribution in [0.1, 0.15) is 29.9 Å². The Morgan fingerprint density at radius 3 is 2.63 bits per heavy atom. The van der Waals surface area contributed by atoms with Crippen molar-refractivity contribution in [1.82, 2.24) is 14.8 Å². The number of ether oxygens (including phenoxy) is 1. The fourth-order valence-electron chi connectivity index (χ4n) is 3.47. The van der Waals surface area contributed by atoms with E-state index in [1.54, 1.807) is 26.0 Å². The molecule has 0 bridgehead atoms. The number of benzene rings is 1. The monoisotopic (exact) mass is 443 g/mol. The van der Waals surface area contributed by atoms with Gasteiger partial charge >= 0.3 is 6.61 Å². The summed E-state index contributed by atoms with van der Waals surface area (Å²) in [6.07, 6.45) is 1.13. The van der Waals surface area contributed by atoms with Crippen LogP contribution in [0.3, 0.4) is 0 Å². The molecule has 1 aromatic carbocycles. The molecule has 0 aliphatic carbocycles. The summed E-state index contributed by atoms with van der Waals surface area (Å²) >= 11 is 0. The van der Waals surface area contributed by atoms with Gasteiger partial charge in [-0.15, -0.1) is 0 Å². The molecular weight excluding hydrogens is 420 g/mol. The standard InChI is InChI=1S/C19H23F2N3O5S/c1-12-17(13(2)29-23-12)30(26,27)24-9-3-4-15(11-24)18(25)22-10-14-5-7-16(8-6-14)28-19(20)21/h5-8,15,19H,3-4,9-11H2,1-2H3,(H,22,25)/t15-/m1/s1. The maximum Gasteiger partial charge on any atom is 0.387 e. The highest BCUT2D eigenvalue weighted by atomic mass is 32.2. The van der Waals surface area contributed by atoms with Gasteiger partial charge in [-0.2, -0.15) is 13.1 Å². The molecule has 1 amide bonds. The smallest absolute Gasteiger partial charge is 0.387 e. The molecule has 30 heavy (non-hydrogen) atoms. The molecule has 2 aromatic rings. The minimum Gasteiger partial charge on any atom is -0.435 e. The second kappa shape index (κ2) is 9.09. The molecule has 1 fully saturated rings. The van der Waals surface area contributed by atoms with Gasteiger partial charge in [0.15, 0.2) is 5.76 Å². The number of amides is 1. The molecule has 0 radical (unpaired) electrons. The SMILES string of the molecule is Cc1noc(C)c1S(=O)(=O)N1CCC[C@@H](C(=O)NCc2ccc(OC(F)F)cc2)C1. The molecule has 1 saturated heterocycles. The average molecular weight is 443 g/mol. The summed E-state index contributed by atoms with van der Waals surface area (Å²) in [5.41, 5.74) is 0.999. The molecular formula is C19H23F2N3O5S. The first kappa shape index (κ1) is 22.2. The van der Waals surface area contributed by atoms with E-state index in [9.17, 15) is 22.0 Å². The Bertz CT molecular complexity index is 973. The minimum absolute atomic E-state index is 0.0347. The van der Waals surface area contributed by atoms with Crippen molar-refractivity contribution in [2.75, 3.05) is 13.1 Å². The molecule has 3 rings (SSSR count). The van der Waals surface area contributed by atoms with E-state index < -0.39 is 22.6 Å². The third kappa shape index (κ3) is 4.96. The molecule has 0 saturated carbocycles. The van der Waals surface area contributed by atoms with E-state index in [-0.39, 0.29) is 35.4 Å². The number of nitrogens with one attached hydrogen (secondary N) is 1. The lowest BCUT2D eigenvalue weighted by Crippen LogP contribution is -2.45. The number of aromatic nitrogens is 1. The first-order valence-corrected chi connectivity index (χ1v) is 10.9. The van der Waals surface area contributed by atoms with Gasteiger partial charge in [0, 0.05) is 19.6 Å². The Morgan fingerprint density at radius 2 is 2.03 bits per heavy atom. The van der Waals surface area contributed by atoms with Gasteiger partial charge in [-0.25, -0.2) is 8.42 Å². The number of hydrogen-bond donors (Lipinski definition) is 1. The first-order chi connectivity index (χ1) is 14.2. The summed E-state index contributed by atoms with van der Waals surface area (Å²) in [6, 6.07) is 5.94. The predicted molar refractivity (Wildman–Crippen MR) is 102 cm³/mol. The van der Waals surface area contributed by atoms with Crippen molar-refractivity contribution < 1.29 is 31.3 Å². The van der Waals surface area contributed by atoms with Crippen LogP contribution in [0, 0.1) is 19.8 Å². The van der Waals surface area contributed by atoms with E-state index in [4.69, 9.17) is 4.52 Å². The van der Waals surface area contributed by atoms with Gasteiger partial charge in [-0.1, -0.05) is 17.3 Å². The van der Waals surface area contributed by atoms with Crippen molar-refractivity contribution in [3.8, 4) is 5.75 Å². The van der Waals surface area contributed by atoms with Gasteiger partial charge < -0.3 is 14.6 Å². The molecule has 8 nitrogen and oxygen atoms in total. The lowest BCUT2D eigenvalue weighted by atomic mass is 9.99. The number of aryl methyl sites for hydroxylation is 2. The second-order valence-electron chi connectivity index (χ2n) is 7.10. The lowest BCUT2D eigenvalue weighted by molar-refractivity contribution is -0.126.